The number of aromatic nitrogens is 2. The molecule has 0 saturated heterocycles. The van der Waals surface area contributed by atoms with E-state index in [0.29, 0.717) is 29.2 Å². The summed E-state index contributed by atoms with van der Waals surface area (Å²) >= 11 is 1.31. The van der Waals surface area contributed by atoms with Crippen molar-refractivity contribution < 1.29 is 14.4 Å². The van der Waals surface area contributed by atoms with E-state index in [9.17, 15) is 14.4 Å². The van der Waals surface area contributed by atoms with E-state index in [1.807, 2.05) is 0 Å². The number of aromatic amines is 1. The van der Waals surface area contributed by atoms with Crippen LogP contribution >= 0.6 is 11.8 Å². The average Bonchev–Trinajstić information content (AvgIpc) is 2.93. The molecule has 20 heavy (non-hydrogen) atoms. The number of carbonyl (C=O) groups excluding carboxylic acids is 3. The fourth-order valence-electron chi connectivity index (χ4n) is 1.69. The van der Waals surface area contributed by atoms with Crippen LogP contribution in [-0.2, 0) is 0 Å². The van der Waals surface area contributed by atoms with Gasteiger partial charge in [-0.2, -0.15) is 5.10 Å². The Hall–Kier alpha value is -2.09. The van der Waals surface area contributed by atoms with Gasteiger partial charge in [0.1, 0.15) is 5.69 Å². The van der Waals surface area contributed by atoms with Crippen molar-refractivity contribution in [1.82, 2.24) is 20.8 Å². The second kappa shape index (κ2) is 6.38. The summed E-state index contributed by atoms with van der Waals surface area (Å²) in [7, 11) is 1.55. The normalized spacial score (nSPS) is 13.8. The Morgan fingerprint density at radius 1 is 1.45 bits per heavy atom. The number of nitrogens with one attached hydrogen (secondary N) is 3. The van der Waals surface area contributed by atoms with Crippen molar-refractivity contribution in [2.45, 2.75) is 6.42 Å². The van der Waals surface area contributed by atoms with E-state index in [0.717, 1.165) is 0 Å². The van der Waals surface area contributed by atoms with Crippen LogP contribution in [0.3, 0.4) is 0 Å². The molecule has 1 aliphatic carbocycles. The Bertz CT molecular complexity index is 579. The van der Waals surface area contributed by atoms with Crippen LogP contribution in [0.25, 0.3) is 0 Å². The zero-order valence-corrected chi connectivity index (χ0v) is 11.7. The summed E-state index contributed by atoms with van der Waals surface area (Å²) in [6, 6.07) is -0.235. The van der Waals surface area contributed by atoms with Gasteiger partial charge in [0.2, 0.25) is 11.6 Å². The predicted molar refractivity (Wildman–Crippen MR) is 74.9 cm³/mol. The molecule has 0 radical (unpaired) electrons. The van der Waals surface area contributed by atoms with E-state index in [2.05, 4.69) is 20.8 Å². The fourth-order valence-corrected chi connectivity index (χ4v) is 2.63. The van der Waals surface area contributed by atoms with Gasteiger partial charge >= 0.3 is 6.03 Å². The summed E-state index contributed by atoms with van der Waals surface area (Å²) in [6.45, 7) is 0.513. The lowest BCUT2D eigenvalue weighted by molar-refractivity contribution is 0.0989. The number of hydrogen-bond acceptors (Lipinski definition) is 5. The molecular formula is C12H14N4O3S. The summed E-state index contributed by atoms with van der Waals surface area (Å²) in [5.41, 5.74) is 0.573. The minimum Gasteiger partial charge on any atom is -0.341 e. The molecule has 0 spiro atoms. The molecule has 1 aromatic rings. The van der Waals surface area contributed by atoms with E-state index in [4.69, 9.17) is 0 Å². The third-order valence-corrected chi connectivity index (χ3v) is 3.81. The number of Topliss-reactive ketones (excluding diaryl/α,β-unsaturated/α-hetero) is 1. The molecule has 0 aliphatic heterocycles. The third-order valence-electron chi connectivity index (χ3n) is 2.71. The largest absolute Gasteiger partial charge is 0.341 e. The Morgan fingerprint density at radius 3 is 3.00 bits per heavy atom. The van der Waals surface area contributed by atoms with Crippen LogP contribution in [-0.4, -0.2) is 47.1 Å². The molecule has 8 heteroatoms. The molecule has 1 aliphatic rings. The van der Waals surface area contributed by atoms with Crippen molar-refractivity contribution in [3.63, 3.8) is 0 Å². The quantitative estimate of drug-likeness (QED) is 0.694. The molecule has 0 unspecified atom stereocenters. The molecule has 2 amide bonds. The average molecular weight is 294 g/mol. The standard InChI is InChI=1S/C12H14N4O3S/c1-13-12(19)14-3-2-4-20-9-5-8(17)10-7(11(9)18)6-15-16-10/h5-6H,2-4H2,1H3,(H,15,16)(H2,13,14,19). The van der Waals surface area contributed by atoms with Crippen molar-refractivity contribution in [2.24, 2.45) is 0 Å². The first-order valence-electron chi connectivity index (χ1n) is 6.06. The molecule has 0 saturated carbocycles. The van der Waals surface area contributed by atoms with Crippen LogP contribution in [0.5, 0.6) is 0 Å². The number of H-pyrrole nitrogens is 1. The molecule has 0 aromatic carbocycles. The molecule has 2 rings (SSSR count). The van der Waals surface area contributed by atoms with Crippen LogP contribution in [0, 0.1) is 0 Å². The zero-order chi connectivity index (χ0) is 14.5. The lowest BCUT2D eigenvalue weighted by Crippen LogP contribution is -2.33. The van der Waals surface area contributed by atoms with Crippen molar-refractivity contribution in [2.75, 3.05) is 19.3 Å². The second-order valence-electron chi connectivity index (χ2n) is 4.07. The maximum absolute atomic E-state index is 12.1. The van der Waals surface area contributed by atoms with Gasteiger partial charge in [0.15, 0.2) is 0 Å². The third kappa shape index (κ3) is 3.08. The number of carbonyl (C=O) groups is 3. The maximum atomic E-state index is 12.1. The number of urea groups is 1. The number of nitrogens with zero attached hydrogens (tertiary/aromatic N) is 1. The van der Waals surface area contributed by atoms with Gasteiger partial charge in [-0.3, -0.25) is 14.7 Å². The van der Waals surface area contributed by atoms with Gasteiger partial charge in [-0.1, -0.05) is 0 Å². The highest BCUT2D eigenvalue weighted by atomic mass is 32.2. The van der Waals surface area contributed by atoms with Crippen LogP contribution in [0.1, 0.15) is 27.3 Å². The minimum absolute atomic E-state index is 0.183. The van der Waals surface area contributed by atoms with Gasteiger partial charge in [0.05, 0.1) is 16.7 Å². The van der Waals surface area contributed by atoms with Gasteiger partial charge < -0.3 is 10.6 Å². The van der Waals surface area contributed by atoms with Crippen molar-refractivity contribution >= 4 is 29.4 Å². The van der Waals surface area contributed by atoms with Crippen molar-refractivity contribution in [3.05, 3.63) is 28.4 Å². The monoisotopic (exact) mass is 294 g/mol. The second-order valence-corrected chi connectivity index (χ2v) is 5.21. The summed E-state index contributed by atoms with van der Waals surface area (Å²) in [6.07, 6.45) is 3.41. The van der Waals surface area contributed by atoms with E-state index in [1.165, 1.54) is 24.0 Å². The van der Waals surface area contributed by atoms with E-state index in [-0.39, 0.29) is 23.3 Å². The number of amides is 2. The first-order valence-corrected chi connectivity index (χ1v) is 7.04. The number of thioether (sulfide) groups is 1. The van der Waals surface area contributed by atoms with Crippen LogP contribution in [0.2, 0.25) is 0 Å². The van der Waals surface area contributed by atoms with E-state index in [1.54, 1.807) is 7.05 Å². The molecule has 106 valence electrons. The molecule has 0 fully saturated rings. The molecule has 1 aromatic heterocycles. The Morgan fingerprint density at radius 2 is 2.25 bits per heavy atom. The van der Waals surface area contributed by atoms with E-state index < -0.39 is 0 Å². The van der Waals surface area contributed by atoms with Crippen molar-refractivity contribution in [3.8, 4) is 0 Å². The summed E-state index contributed by atoms with van der Waals surface area (Å²) in [5.74, 6) is 0.225. The van der Waals surface area contributed by atoms with Crippen LogP contribution in [0.15, 0.2) is 17.2 Å². The first kappa shape index (κ1) is 14.3. The van der Waals surface area contributed by atoms with Gasteiger partial charge in [0.25, 0.3) is 0 Å². The summed E-state index contributed by atoms with van der Waals surface area (Å²) < 4.78 is 0. The first-order chi connectivity index (χ1) is 9.63. The minimum atomic E-state index is -0.235. The lowest BCUT2D eigenvalue weighted by Gasteiger charge is -2.10. The summed E-state index contributed by atoms with van der Waals surface area (Å²) in [5, 5.41) is 11.3. The maximum Gasteiger partial charge on any atom is 0.314 e. The van der Waals surface area contributed by atoms with Crippen LogP contribution in [0.4, 0.5) is 4.79 Å². The fraction of sp³-hybridized carbons (Fsp3) is 0.333. The SMILES string of the molecule is CNC(=O)NCCCSC1=CC(=O)c2[nH]ncc2C1=O. The Balaban J connectivity index is 1.84. The zero-order valence-electron chi connectivity index (χ0n) is 10.9. The molecule has 1 heterocycles. The molecule has 7 nitrogen and oxygen atoms in total. The molecule has 0 bridgehead atoms. The van der Waals surface area contributed by atoms with Gasteiger partial charge in [-0.25, -0.2) is 4.79 Å². The Kier molecular flexibility index (Phi) is 4.57. The highest BCUT2D eigenvalue weighted by molar-refractivity contribution is 8.04. The van der Waals surface area contributed by atoms with Crippen LogP contribution < -0.4 is 10.6 Å². The number of rotatable bonds is 5. The lowest BCUT2D eigenvalue weighted by atomic mass is 10.0. The van der Waals surface area contributed by atoms with Crippen molar-refractivity contribution in [1.29, 1.82) is 0 Å². The smallest absolute Gasteiger partial charge is 0.314 e. The number of allylic oxidation sites excluding steroid dienone is 2. The number of hydrogen-bond donors (Lipinski definition) is 3. The Labute approximate surface area is 119 Å². The molecule has 3 N–H and O–H groups in total. The molecule has 0 atom stereocenters. The highest BCUT2D eigenvalue weighted by Gasteiger charge is 2.27. The summed E-state index contributed by atoms with van der Waals surface area (Å²) in [4.78, 5) is 35.2. The van der Waals surface area contributed by atoms with Gasteiger partial charge in [-0.05, 0) is 12.2 Å². The van der Waals surface area contributed by atoms with E-state index >= 15 is 0 Å². The molecular weight excluding hydrogens is 280 g/mol. The predicted octanol–water partition coefficient (Wildman–Crippen LogP) is 0.725. The van der Waals surface area contributed by atoms with Gasteiger partial charge in [-0.15, -0.1) is 11.8 Å². The topological polar surface area (TPSA) is 104 Å². The number of fused-ring (bicyclic) bond motifs is 1. The highest BCUT2D eigenvalue weighted by Crippen LogP contribution is 2.27. The number of ketones is 2. The van der Waals surface area contributed by atoms with Gasteiger partial charge in [0, 0.05) is 19.7 Å².